The van der Waals surface area contributed by atoms with Crippen LogP contribution in [0.15, 0.2) is 0 Å². The molecular formula is C12H23ClN2O. The minimum Gasteiger partial charge on any atom is -0.341 e. The third-order valence-electron chi connectivity index (χ3n) is 4.07. The maximum atomic E-state index is 12.0. The van der Waals surface area contributed by atoms with Crippen molar-refractivity contribution in [1.29, 1.82) is 0 Å². The van der Waals surface area contributed by atoms with Crippen molar-refractivity contribution in [2.45, 2.75) is 45.6 Å². The molecule has 16 heavy (non-hydrogen) atoms. The smallest absolute Gasteiger partial charge is 0.239 e. The first-order valence-corrected chi connectivity index (χ1v) is 6.17. The Kier molecular flexibility index (Phi) is 4.62. The fourth-order valence-electron chi connectivity index (χ4n) is 2.51. The van der Waals surface area contributed by atoms with Gasteiger partial charge in [-0.25, -0.2) is 0 Å². The predicted molar refractivity (Wildman–Crippen MR) is 67.9 cm³/mol. The molecule has 1 unspecified atom stereocenters. The van der Waals surface area contributed by atoms with Gasteiger partial charge in [-0.05, 0) is 37.6 Å². The summed E-state index contributed by atoms with van der Waals surface area (Å²) < 4.78 is 0. The number of likely N-dealkylation sites (tertiary alicyclic amines) is 1. The van der Waals surface area contributed by atoms with E-state index in [1.54, 1.807) is 0 Å². The van der Waals surface area contributed by atoms with Gasteiger partial charge in [-0.15, -0.1) is 12.4 Å². The van der Waals surface area contributed by atoms with E-state index in [1.165, 1.54) is 19.3 Å². The zero-order chi connectivity index (χ0) is 10.9. The van der Waals surface area contributed by atoms with Crippen molar-refractivity contribution in [3.8, 4) is 0 Å². The lowest BCUT2D eigenvalue weighted by Crippen LogP contribution is -2.57. The van der Waals surface area contributed by atoms with E-state index in [-0.39, 0.29) is 18.4 Å². The molecule has 0 radical (unpaired) electrons. The topological polar surface area (TPSA) is 32.3 Å². The summed E-state index contributed by atoms with van der Waals surface area (Å²) in [5.41, 5.74) is 0.359. The summed E-state index contributed by atoms with van der Waals surface area (Å²) in [5, 5.41) is 3.20. The summed E-state index contributed by atoms with van der Waals surface area (Å²) in [6.07, 6.45) is 4.64. The van der Waals surface area contributed by atoms with Crippen LogP contribution in [0.2, 0.25) is 0 Å². The van der Waals surface area contributed by atoms with E-state index in [4.69, 9.17) is 0 Å². The average molecular weight is 247 g/mol. The van der Waals surface area contributed by atoms with E-state index < -0.39 is 0 Å². The van der Waals surface area contributed by atoms with Gasteiger partial charge in [0.25, 0.3) is 0 Å². The van der Waals surface area contributed by atoms with Crippen LogP contribution in [0.5, 0.6) is 0 Å². The minimum absolute atomic E-state index is 0. The lowest BCUT2D eigenvalue weighted by molar-refractivity contribution is -0.138. The highest BCUT2D eigenvalue weighted by atomic mass is 35.5. The second-order valence-electron chi connectivity index (χ2n) is 5.32. The van der Waals surface area contributed by atoms with Gasteiger partial charge < -0.3 is 10.2 Å². The molecule has 2 saturated heterocycles. The van der Waals surface area contributed by atoms with Crippen molar-refractivity contribution in [3.63, 3.8) is 0 Å². The number of nitrogens with one attached hydrogen (secondary N) is 1. The summed E-state index contributed by atoms with van der Waals surface area (Å²) >= 11 is 0. The van der Waals surface area contributed by atoms with Crippen LogP contribution in [0, 0.1) is 5.41 Å². The number of hydrogen-bond acceptors (Lipinski definition) is 2. The Balaban J connectivity index is 0.00000128. The van der Waals surface area contributed by atoms with Gasteiger partial charge >= 0.3 is 0 Å². The van der Waals surface area contributed by atoms with E-state index in [0.29, 0.717) is 11.3 Å². The summed E-state index contributed by atoms with van der Waals surface area (Å²) in [4.78, 5) is 14.1. The Morgan fingerprint density at radius 1 is 1.56 bits per heavy atom. The summed E-state index contributed by atoms with van der Waals surface area (Å²) in [6.45, 7) is 7.47. The Morgan fingerprint density at radius 3 is 2.75 bits per heavy atom. The number of amides is 1. The van der Waals surface area contributed by atoms with Crippen molar-refractivity contribution < 1.29 is 4.79 Å². The molecule has 0 aliphatic carbocycles. The number of rotatable bonds is 2. The number of carbonyl (C=O) groups is 1. The molecule has 2 atom stereocenters. The zero-order valence-corrected chi connectivity index (χ0v) is 11.1. The van der Waals surface area contributed by atoms with Crippen LogP contribution in [-0.2, 0) is 4.79 Å². The number of piperidine rings is 1. The van der Waals surface area contributed by atoms with Gasteiger partial charge in [0.05, 0.1) is 6.04 Å². The molecule has 3 nitrogen and oxygen atoms in total. The van der Waals surface area contributed by atoms with E-state index in [0.717, 1.165) is 26.1 Å². The normalized spacial score (nSPS) is 33.9. The molecule has 2 rings (SSSR count). The van der Waals surface area contributed by atoms with E-state index in [1.807, 2.05) is 0 Å². The van der Waals surface area contributed by atoms with Crippen LogP contribution in [0.25, 0.3) is 0 Å². The Bertz CT molecular complexity index is 255. The van der Waals surface area contributed by atoms with Crippen LogP contribution in [0.1, 0.15) is 39.5 Å². The highest BCUT2D eigenvalue weighted by molar-refractivity contribution is 5.85. The van der Waals surface area contributed by atoms with Crippen LogP contribution >= 0.6 is 12.4 Å². The first-order valence-electron chi connectivity index (χ1n) is 6.17. The van der Waals surface area contributed by atoms with Gasteiger partial charge in [-0.2, -0.15) is 0 Å². The minimum atomic E-state index is 0. The lowest BCUT2D eigenvalue weighted by atomic mass is 9.79. The summed E-state index contributed by atoms with van der Waals surface area (Å²) in [6, 6.07) is 0.129. The zero-order valence-electron chi connectivity index (χ0n) is 10.3. The highest BCUT2D eigenvalue weighted by Crippen LogP contribution is 2.32. The maximum absolute atomic E-state index is 12.0. The molecule has 0 aromatic rings. The van der Waals surface area contributed by atoms with Gasteiger partial charge in [-0.1, -0.05) is 13.8 Å². The average Bonchev–Trinajstić information content (AvgIpc) is 2.15. The van der Waals surface area contributed by atoms with Gasteiger partial charge in [0.15, 0.2) is 0 Å². The maximum Gasteiger partial charge on any atom is 0.239 e. The van der Waals surface area contributed by atoms with Gasteiger partial charge in [0, 0.05) is 13.1 Å². The molecule has 94 valence electrons. The Hall–Kier alpha value is -0.280. The Labute approximate surface area is 104 Å². The van der Waals surface area contributed by atoms with Crippen molar-refractivity contribution in [2.24, 2.45) is 5.41 Å². The van der Waals surface area contributed by atoms with Gasteiger partial charge in [0.2, 0.25) is 5.91 Å². The number of carbonyl (C=O) groups excluding carboxylic acids is 1. The van der Waals surface area contributed by atoms with E-state index >= 15 is 0 Å². The molecule has 0 bridgehead atoms. The van der Waals surface area contributed by atoms with Crippen LogP contribution in [-0.4, -0.2) is 36.5 Å². The van der Waals surface area contributed by atoms with Gasteiger partial charge in [0.1, 0.15) is 0 Å². The molecule has 1 amide bonds. The molecule has 2 heterocycles. The fourth-order valence-corrected chi connectivity index (χ4v) is 2.51. The molecule has 0 spiro atoms. The molecular weight excluding hydrogens is 224 g/mol. The third-order valence-corrected chi connectivity index (χ3v) is 4.07. The van der Waals surface area contributed by atoms with Crippen molar-refractivity contribution in [2.75, 3.05) is 19.6 Å². The second-order valence-corrected chi connectivity index (χ2v) is 5.32. The Morgan fingerprint density at radius 2 is 2.25 bits per heavy atom. The highest BCUT2D eigenvalue weighted by Gasteiger charge is 2.35. The lowest BCUT2D eigenvalue weighted by Gasteiger charge is -2.42. The molecule has 2 aliphatic heterocycles. The predicted octanol–water partition coefficient (Wildman–Crippen LogP) is 1.81. The first-order chi connectivity index (χ1) is 7.14. The van der Waals surface area contributed by atoms with E-state index in [9.17, 15) is 4.79 Å². The summed E-state index contributed by atoms with van der Waals surface area (Å²) in [7, 11) is 0. The molecule has 0 aromatic carbocycles. The van der Waals surface area contributed by atoms with Crippen molar-refractivity contribution in [1.82, 2.24) is 10.2 Å². The van der Waals surface area contributed by atoms with Crippen molar-refractivity contribution in [3.05, 3.63) is 0 Å². The first kappa shape index (κ1) is 13.8. The molecule has 0 saturated carbocycles. The molecule has 1 N–H and O–H groups in total. The number of hydrogen-bond donors (Lipinski definition) is 1. The molecule has 2 fully saturated rings. The molecule has 0 aromatic heterocycles. The van der Waals surface area contributed by atoms with Gasteiger partial charge in [-0.3, -0.25) is 4.79 Å². The van der Waals surface area contributed by atoms with Crippen LogP contribution < -0.4 is 5.32 Å². The third kappa shape index (κ3) is 2.69. The number of halogens is 1. The van der Waals surface area contributed by atoms with Crippen molar-refractivity contribution >= 4 is 18.3 Å². The van der Waals surface area contributed by atoms with Crippen LogP contribution in [0.4, 0.5) is 0 Å². The quantitative estimate of drug-likeness (QED) is 0.806. The molecule has 4 heteroatoms. The largest absolute Gasteiger partial charge is 0.341 e. The molecule has 2 aliphatic rings. The number of nitrogens with zero attached hydrogens (tertiary/aromatic N) is 1. The standard InChI is InChI=1S/C12H22N2O.ClH/c1-3-12(2)6-4-8-14(9-12)11(15)10-5-7-13-10;/h10,13H,3-9H2,1-2H3;1H/t10-,12?;/m1./s1. The SMILES string of the molecule is CCC1(C)CCCN(C(=O)[C@H]2CCN2)C1.Cl. The monoisotopic (exact) mass is 246 g/mol. The summed E-state index contributed by atoms with van der Waals surface area (Å²) in [5.74, 6) is 0.334. The van der Waals surface area contributed by atoms with E-state index in [2.05, 4.69) is 24.1 Å². The van der Waals surface area contributed by atoms with Crippen LogP contribution in [0.3, 0.4) is 0 Å². The second kappa shape index (κ2) is 5.37. The fraction of sp³-hybridized carbons (Fsp3) is 0.917.